The van der Waals surface area contributed by atoms with Gasteiger partial charge in [0.1, 0.15) is 12.2 Å². The maximum absolute atomic E-state index is 13.2. The largest absolute Gasteiger partial charge is 0.509 e. The Bertz CT molecular complexity index is 1240. The van der Waals surface area contributed by atoms with E-state index in [1.165, 1.54) is 18.2 Å². The van der Waals surface area contributed by atoms with E-state index in [9.17, 15) is 9.59 Å². The number of methoxy groups -OCH3 is 1. The zero-order chi connectivity index (χ0) is 25.6. The molecule has 2 saturated heterocycles. The van der Waals surface area contributed by atoms with Gasteiger partial charge in [0.25, 0.3) is 0 Å². The fourth-order valence-corrected chi connectivity index (χ4v) is 7.42. The van der Waals surface area contributed by atoms with Gasteiger partial charge in [0.05, 0.1) is 18.1 Å². The third kappa shape index (κ3) is 3.82. The van der Waals surface area contributed by atoms with Crippen molar-refractivity contribution in [1.82, 2.24) is 4.90 Å². The van der Waals surface area contributed by atoms with Crippen molar-refractivity contribution in [2.24, 2.45) is 5.92 Å². The molecule has 7 nitrogen and oxygen atoms in total. The molecule has 1 N–H and O–H groups in total. The second-order valence-electron chi connectivity index (χ2n) is 10.8. The van der Waals surface area contributed by atoms with Crippen molar-refractivity contribution < 1.29 is 23.8 Å². The van der Waals surface area contributed by atoms with Gasteiger partial charge < -0.3 is 19.5 Å². The molecule has 4 aliphatic rings. The number of hydrogen-bond acceptors (Lipinski definition) is 7. The van der Waals surface area contributed by atoms with Crippen molar-refractivity contribution in [1.29, 1.82) is 0 Å². The molecular weight excluding hydrogens is 468 g/mol. The molecule has 7 heteroatoms. The summed E-state index contributed by atoms with van der Waals surface area (Å²) in [6.07, 6.45) is 3.19. The average Bonchev–Trinajstić information content (AvgIpc) is 3.46. The summed E-state index contributed by atoms with van der Waals surface area (Å²) in [7, 11) is 1.45. The lowest BCUT2D eigenvalue weighted by molar-refractivity contribution is -0.137. The third-order valence-electron chi connectivity index (χ3n) is 8.93. The van der Waals surface area contributed by atoms with Crippen molar-refractivity contribution >= 4 is 17.8 Å². The Morgan fingerprint density at radius 1 is 1.16 bits per heavy atom. The van der Waals surface area contributed by atoms with E-state index in [1.54, 1.807) is 0 Å². The van der Waals surface area contributed by atoms with E-state index >= 15 is 0 Å². The fourth-order valence-electron chi connectivity index (χ4n) is 7.42. The van der Waals surface area contributed by atoms with Crippen LogP contribution in [0.2, 0.25) is 0 Å². The number of carbonyl (C=O) groups excluding carboxylic acids is 2. The SMILES string of the molecule is CC[C@]1(C[C@H]2CC(C(=O)OC)=C3Nc4ccccc4[C@]34CCCN(Cc3ccccc3)[C@H]24)COC(=O)O1. The fraction of sp³-hybridized carbons (Fsp3) is 0.467. The number of piperidine rings is 1. The highest BCUT2D eigenvalue weighted by Crippen LogP contribution is 2.59. The molecule has 6 rings (SSSR count). The molecular formula is C30H34N2O5. The van der Waals surface area contributed by atoms with Crippen LogP contribution in [0.15, 0.2) is 65.9 Å². The minimum Gasteiger partial charge on any atom is -0.466 e. The Labute approximate surface area is 217 Å². The maximum Gasteiger partial charge on any atom is 0.509 e. The number of ether oxygens (including phenoxy) is 3. The quantitative estimate of drug-likeness (QED) is 0.546. The van der Waals surface area contributed by atoms with Crippen LogP contribution in [0, 0.1) is 5.92 Å². The van der Waals surface area contributed by atoms with Gasteiger partial charge in [-0.25, -0.2) is 9.59 Å². The average molecular weight is 503 g/mol. The van der Waals surface area contributed by atoms with Crippen molar-refractivity contribution in [3.05, 3.63) is 77.0 Å². The first-order chi connectivity index (χ1) is 18.0. The summed E-state index contributed by atoms with van der Waals surface area (Å²) in [5.41, 5.74) is 4.21. The highest BCUT2D eigenvalue weighted by atomic mass is 16.8. The third-order valence-corrected chi connectivity index (χ3v) is 8.93. The molecule has 1 aliphatic carbocycles. The molecule has 4 atom stereocenters. The highest BCUT2D eigenvalue weighted by Gasteiger charge is 2.60. The van der Waals surface area contributed by atoms with Gasteiger partial charge in [-0.2, -0.15) is 0 Å². The summed E-state index contributed by atoms with van der Waals surface area (Å²) < 4.78 is 16.4. The van der Waals surface area contributed by atoms with Gasteiger partial charge in [-0.15, -0.1) is 0 Å². The topological polar surface area (TPSA) is 77.1 Å². The monoisotopic (exact) mass is 502 g/mol. The van der Waals surface area contributed by atoms with E-state index in [2.05, 4.69) is 52.7 Å². The second kappa shape index (κ2) is 9.21. The van der Waals surface area contributed by atoms with E-state index < -0.39 is 11.8 Å². The number of rotatable bonds is 6. The van der Waals surface area contributed by atoms with Crippen molar-refractivity contribution in [2.45, 2.75) is 62.6 Å². The van der Waals surface area contributed by atoms with Crippen LogP contribution in [0.3, 0.4) is 0 Å². The maximum atomic E-state index is 13.2. The lowest BCUT2D eigenvalue weighted by Crippen LogP contribution is -2.61. The van der Waals surface area contributed by atoms with Crippen molar-refractivity contribution in [2.75, 3.05) is 25.6 Å². The number of carbonyl (C=O) groups is 2. The number of esters is 1. The summed E-state index contributed by atoms with van der Waals surface area (Å²) in [6, 6.07) is 19.1. The molecule has 1 spiro atoms. The predicted molar refractivity (Wildman–Crippen MR) is 139 cm³/mol. The molecule has 2 fully saturated rings. The lowest BCUT2D eigenvalue weighted by atomic mass is 9.57. The molecule has 3 heterocycles. The first-order valence-corrected chi connectivity index (χ1v) is 13.3. The molecule has 194 valence electrons. The van der Waals surface area contributed by atoms with Crippen LogP contribution in [0.5, 0.6) is 0 Å². The van der Waals surface area contributed by atoms with E-state index in [-0.39, 0.29) is 30.0 Å². The predicted octanol–water partition coefficient (Wildman–Crippen LogP) is 5.17. The first kappa shape index (κ1) is 24.0. The zero-order valence-corrected chi connectivity index (χ0v) is 21.5. The smallest absolute Gasteiger partial charge is 0.466 e. The van der Waals surface area contributed by atoms with Gasteiger partial charge in [-0.1, -0.05) is 55.5 Å². The Kier molecular flexibility index (Phi) is 5.98. The Morgan fingerprint density at radius 3 is 2.68 bits per heavy atom. The van der Waals surface area contributed by atoms with Crippen molar-refractivity contribution in [3.63, 3.8) is 0 Å². The molecule has 37 heavy (non-hydrogen) atoms. The van der Waals surface area contributed by atoms with Gasteiger partial charge >= 0.3 is 12.1 Å². The number of cyclic esters (lactones) is 2. The number of hydrogen-bond donors (Lipinski definition) is 1. The van der Waals surface area contributed by atoms with Crippen LogP contribution in [-0.2, 0) is 31.0 Å². The minimum atomic E-state index is -0.691. The number of fused-ring (bicyclic) bond motifs is 1. The standard InChI is InChI=1S/C30H34N2O5/c1-3-29(19-36-28(34)37-29)17-21-16-22(27(33)35-2)25-30(23-12-7-8-13-24(23)31-25)14-9-15-32(26(21)30)18-20-10-5-4-6-11-20/h4-8,10-13,21,26,31H,3,9,14-19H2,1-2H3/t21-,26-,29+,30-/m1/s1. The minimum absolute atomic E-state index is 0.0595. The first-order valence-electron chi connectivity index (χ1n) is 13.3. The Hall–Kier alpha value is -3.32. The Morgan fingerprint density at radius 2 is 1.95 bits per heavy atom. The summed E-state index contributed by atoms with van der Waals surface area (Å²) >= 11 is 0. The van der Waals surface area contributed by atoms with Crippen LogP contribution in [-0.4, -0.2) is 48.9 Å². The highest BCUT2D eigenvalue weighted by molar-refractivity contribution is 5.92. The van der Waals surface area contributed by atoms with Gasteiger partial charge in [-0.3, -0.25) is 4.90 Å². The molecule has 0 unspecified atom stereocenters. The van der Waals surface area contributed by atoms with E-state index in [0.29, 0.717) is 24.8 Å². The summed E-state index contributed by atoms with van der Waals surface area (Å²) in [6.45, 7) is 4.08. The summed E-state index contributed by atoms with van der Waals surface area (Å²) in [5.74, 6) is -0.229. The Balaban J connectivity index is 1.51. The van der Waals surface area contributed by atoms with Gasteiger partial charge in [0, 0.05) is 24.0 Å². The second-order valence-corrected chi connectivity index (χ2v) is 10.8. The molecule has 2 aromatic carbocycles. The summed E-state index contributed by atoms with van der Waals surface area (Å²) in [5, 5.41) is 3.66. The summed E-state index contributed by atoms with van der Waals surface area (Å²) in [4.78, 5) is 27.9. The van der Waals surface area contributed by atoms with Crippen LogP contribution >= 0.6 is 0 Å². The van der Waals surface area contributed by atoms with Crippen LogP contribution in [0.1, 0.15) is 50.2 Å². The molecule has 0 aromatic heterocycles. The number of nitrogens with one attached hydrogen (secondary N) is 1. The lowest BCUT2D eigenvalue weighted by Gasteiger charge is -2.55. The van der Waals surface area contributed by atoms with Gasteiger partial charge in [0.15, 0.2) is 0 Å². The van der Waals surface area contributed by atoms with Crippen molar-refractivity contribution in [3.8, 4) is 0 Å². The number of para-hydroxylation sites is 1. The molecule has 0 saturated carbocycles. The van der Waals surface area contributed by atoms with Crippen LogP contribution in [0.25, 0.3) is 0 Å². The molecule has 2 aromatic rings. The molecule has 0 bridgehead atoms. The molecule has 3 aliphatic heterocycles. The number of nitrogens with zero attached hydrogens (tertiary/aromatic N) is 1. The van der Waals surface area contributed by atoms with Gasteiger partial charge in [0.2, 0.25) is 0 Å². The van der Waals surface area contributed by atoms with Gasteiger partial charge in [-0.05, 0) is 61.8 Å². The van der Waals surface area contributed by atoms with Crippen LogP contribution < -0.4 is 5.32 Å². The number of likely N-dealkylation sites (tertiary alicyclic amines) is 1. The molecule has 0 radical (unpaired) electrons. The normalized spacial score (nSPS) is 30.5. The van der Waals surface area contributed by atoms with Crippen LogP contribution in [0.4, 0.5) is 10.5 Å². The zero-order valence-electron chi connectivity index (χ0n) is 21.5. The number of benzene rings is 2. The van der Waals surface area contributed by atoms with E-state index in [1.807, 2.05) is 19.1 Å². The van der Waals surface area contributed by atoms with E-state index in [4.69, 9.17) is 14.2 Å². The van der Waals surface area contributed by atoms with E-state index in [0.717, 1.165) is 37.3 Å². The number of anilines is 1. The molecule has 0 amide bonds.